The van der Waals surface area contributed by atoms with Gasteiger partial charge in [-0.3, -0.25) is 0 Å². The molecule has 0 fully saturated rings. The smallest absolute Gasteiger partial charge is 0.164 e. The highest BCUT2D eigenvalue weighted by Crippen LogP contribution is 2.55. The zero-order chi connectivity index (χ0) is 50.4. The molecule has 0 amide bonds. The molecular weight excluding hydrogens is 969 g/mol. The van der Waals surface area contributed by atoms with E-state index < -0.39 is 0 Å². The van der Waals surface area contributed by atoms with Crippen molar-refractivity contribution in [2.45, 2.75) is 19.6 Å². The van der Waals surface area contributed by atoms with Crippen molar-refractivity contribution < 1.29 is 0 Å². The van der Waals surface area contributed by atoms with Crippen LogP contribution in [0.3, 0.4) is 0 Å². The summed E-state index contributed by atoms with van der Waals surface area (Å²) in [4.78, 5) is 40.7. The normalized spacial score (nSPS) is 12.3. The van der Waals surface area contributed by atoms with Gasteiger partial charge in [-0.25, -0.2) is 29.9 Å². The summed E-state index contributed by atoms with van der Waals surface area (Å²) >= 11 is 3.57. The third kappa shape index (κ3) is 8.45. The summed E-state index contributed by atoms with van der Waals surface area (Å²) in [7, 11) is 0. The van der Waals surface area contributed by atoms with Crippen LogP contribution in [0, 0.1) is 0 Å². The minimum absolute atomic E-state index is 0.555. The van der Waals surface area contributed by atoms with Gasteiger partial charge in [0, 0.05) is 64.2 Å². The van der Waals surface area contributed by atoms with Crippen LogP contribution >= 0.6 is 23.5 Å². The number of aromatic nitrogens is 6. The molecule has 2 aliphatic heterocycles. The Balaban J connectivity index is 1.05. The van der Waals surface area contributed by atoms with Crippen molar-refractivity contribution in [3.63, 3.8) is 0 Å². The Morgan fingerprint density at radius 3 is 0.934 bits per heavy atom. The number of hydrogen-bond donors (Lipinski definition) is 0. The number of rotatable bonds is 9. The second-order valence-electron chi connectivity index (χ2n) is 18.3. The van der Waals surface area contributed by atoms with Crippen molar-refractivity contribution in [2.24, 2.45) is 0 Å². The molecule has 0 spiro atoms. The van der Waals surface area contributed by atoms with Crippen LogP contribution in [0.5, 0.6) is 0 Å². The molecule has 2 aliphatic rings. The van der Waals surface area contributed by atoms with Crippen LogP contribution in [0.15, 0.2) is 274 Å². The second-order valence-corrected chi connectivity index (χ2v) is 20.5. The molecule has 12 aromatic rings. The van der Waals surface area contributed by atoms with Crippen LogP contribution in [0.25, 0.3) is 79.5 Å². The molecule has 0 unspecified atom stereocenters. The summed E-state index contributed by atoms with van der Waals surface area (Å²) in [5.41, 5.74) is 13.5. The van der Waals surface area contributed by atoms with Gasteiger partial charge in [-0.15, -0.1) is 0 Å². The summed E-state index contributed by atoms with van der Waals surface area (Å²) in [5.74, 6) is 3.49. The molecule has 10 aromatic carbocycles. The molecule has 358 valence electrons. The number of anilines is 6. The van der Waals surface area contributed by atoms with E-state index in [1.165, 1.54) is 0 Å². The standard InChI is InChI=1S/C66H42N8S2/c1-5-21-43(22-6-1)61-67-62(44-23-7-2-8-24-44)70-65(69-61)47-37-38-51(56(42-47)74-54-31-15-19-35-59(54)76-60-36-20-16-32-55(60)74)48-39-49(41-50(40-48)73-52-29-13-17-33-57(52)75-58-34-18-14-30-53(58)73)66-71-63(45-25-9-3-10-26-45)68-64(72-66)46-27-11-4-12-28-46/h1-42H. The molecule has 0 saturated carbocycles. The molecule has 14 rings (SSSR count). The summed E-state index contributed by atoms with van der Waals surface area (Å²) in [6, 6.07) is 88.5. The first kappa shape index (κ1) is 45.2. The number of benzene rings is 10. The Morgan fingerprint density at radius 2 is 0.539 bits per heavy atom. The van der Waals surface area contributed by atoms with Crippen molar-refractivity contribution in [2.75, 3.05) is 9.80 Å². The average molecular weight is 1010 g/mol. The first-order chi connectivity index (χ1) is 37.6. The zero-order valence-electron chi connectivity index (χ0n) is 40.6. The summed E-state index contributed by atoms with van der Waals surface area (Å²) in [5, 5.41) is 0. The second kappa shape index (κ2) is 19.4. The SMILES string of the molecule is c1ccc(-c2nc(-c3ccccc3)nc(-c3cc(-c4ccc(-c5nc(-c6ccccc6)nc(-c6ccccc6)n5)cc4N4c5ccccc5Sc5ccccc54)cc(N4c5ccccc5Sc5ccccc54)c3)n2)cc1. The van der Waals surface area contributed by atoms with E-state index in [4.69, 9.17) is 29.9 Å². The van der Waals surface area contributed by atoms with Crippen molar-refractivity contribution in [3.8, 4) is 79.5 Å². The lowest BCUT2D eigenvalue weighted by atomic mass is 9.96. The molecule has 0 bridgehead atoms. The highest BCUT2D eigenvalue weighted by molar-refractivity contribution is 8.00. The average Bonchev–Trinajstić information content (AvgIpc) is 3.52. The Labute approximate surface area is 448 Å². The summed E-state index contributed by atoms with van der Waals surface area (Å²) < 4.78 is 0. The maximum atomic E-state index is 5.32. The van der Waals surface area contributed by atoms with E-state index in [0.717, 1.165) is 98.2 Å². The maximum Gasteiger partial charge on any atom is 0.164 e. The first-order valence-corrected chi connectivity index (χ1v) is 26.6. The molecule has 10 heteroatoms. The lowest BCUT2D eigenvalue weighted by Crippen LogP contribution is -2.16. The van der Waals surface area contributed by atoms with E-state index in [-0.39, 0.29) is 0 Å². The molecule has 0 N–H and O–H groups in total. The van der Waals surface area contributed by atoms with Gasteiger partial charge in [0.25, 0.3) is 0 Å². The first-order valence-electron chi connectivity index (χ1n) is 25.0. The van der Waals surface area contributed by atoms with E-state index in [1.807, 2.05) is 121 Å². The van der Waals surface area contributed by atoms with Crippen LogP contribution < -0.4 is 9.80 Å². The van der Waals surface area contributed by atoms with Gasteiger partial charge in [0.2, 0.25) is 0 Å². The fourth-order valence-corrected chi connectivity index (χ4v) is 12.1. The van der Waals surface area contributed by atoms with Gasteiger partial charge in [0.15, 0.2) is 34.9 Å². The van der Waals surface area contributed by atoms with Crippen LogP contribution in [0.2, 0.25) is 0 Å². The van der Waals surface area contributed by atoms with E-state index in [2.05, 4.69) is 143 Å². The lowest BCUT2D eigenvalue weighted by Gasteiger charge is -2.35. The maximum absolute atomic E-state index is 5.32. The zero-order valence-corrected chi connectivity index (χ0v) is 42.3. The van der Waals surface area contributed by atoms with Crippen LogP contribution in [0.4, 0.5) is 34.1 Å². The monoisotopic (exact) mass is 1010 g/mol. The molecule has 76 heavy (non-hydrogen) atoms. The van der Waals surface area contributed by atoms with Crippen LogP contribution in [-0.2, 0) is 0 Å². The predicted octanol–water partition coefficient (Wildman–Crippen LogP) is 17.6. The molecule has 0 atom stereocenters. The van der Waals surface area contributed by atoms with Gasteiger partial charge in [0.1, 0.15) is 0 Å². The fourth-order valence-electron chi connectivity index (χ4n) is 9.95. The van der Waals surface area contributed by atoms with Gasteiger partial charge < -0.3 is 9.80 Å². The fraction of sp³-hybridized carbons (Fsp3) is 0. The molecule has 4 heterocycles. The lowest BCUT2D eigenvalue weighted by molar-refractivity contribution is 1.07. The minimum atomic E-state index is 0.555. The quantitative estimate of drug-likeness (QED) is 0.139. The predicted molar refractivity (Wildman–Crippen MR) is 309 cm³/mol. The largest absolute Gasteiger partial charge is 0.308 e. The van der Waals surface area contributed by atoms with E-state index in [1.54, 1.807) is 23.5 Å². The molecule has 0 aliphatic carbocycles. The number of para-hydroxylation sites is 4. The topological polar surface area (TPSA) is 83.8 Å². The van der Waals surface area contributed by atoms with Crippen LogP contribution in [0.1, 0.15) is 0 Å². The number of hydrogen-bond acceptors (Lipinski definition) is 10. The Kier molecular flexibility index (Phi) is 11.5. The summed E-state index contributed by atoms with van der Waals surface area (Å²) in [6.07, 6.45) is 0. The summed E-state index contributed by atoms with van der Waals surface area (Å²) in [6.45, 7) is 0. The third-order valence-electron chi connectivity index (χ3n) is 13.5. The molecular formula is C66H42N8S2. The Hall–Kier alpha value is -9.48. The van der Waals surface area contributed by atoms with Gasteiger partial charge in [0.05, 0.1) is 28.4 Å². The Morgan fingerprint density at radius 1 is 0.224 bits per heavy atom. The van der Waals surface area contributed by atoms with E-state index in [9.17, 15) is 0 Å². The minimum Gasteiger partial charge on any atom is -0.308 e. The van der Waals surface area contributed by atoms with Crippen molar-refractivity contribution >= 4 is 57.6 Å². The molecule has 0 radical (unpaired) electrons. The van der Waals surface area contributed by atoms with Gasteiger partial charge >= 0.3 is 0 Å². The molecule has 0 saturated heterocycles. The van der Waals surface area contributed by atoms with Crippen molar-refractivity contribution in [1.29, 1.82) is 0 Å². The van der Waals surface area contributed by atoms with E-state index in [0.29, 0.717) is 34.9 Å². The van der Waals surface area contributed by atoms with Crippen molar-refractivity contribution in [3.05, 3.63) is 255 Å². The van der Waals surface area contributed by atoms with Gasteiger partial charge in [-0.1, -0.05) is 206 Å². The van der Waals surface area contributed by atoms with Gasteiger partial charge in [-0.2, -0.15) is 0 Å². The highest BCUT2D eigenvalue weighted by atomic mass is 32.2. The van der Waals surface area contributed by atoms with E-state index >= 15 is 0 Å². The number of nitrogens with zero attached hydrogens (tertiary/aromatic N) is 8. The van der Waals surface area contributed by atoms with Crippen molar-refractivity contribution in [1.82, 2.24) is 29.9 Å². The Bertz CT molecular complexity index is 3940. The van der Waals surface area contributed by atoms with Crippen LogP contribution in [-0.4, -0.2) is 29.9 Å². The van der Waals surface area contributed by atoms with Gasteiger partial charge in [-0.05, 0) is 78.4 Å². The third-order valence-corrected chi connectivity index (χ3v) is 15.8. The molecule has 8 nitrogen and oxygen atoms in total. The highest BCUT2D eigenvalue weighted by Gasteiger charge is 2.30. The number of fused-ring (bicyclic) bond motifs is 4. The molecule has 2 aromatic heterocycles.